The van der Waals surface area contributed by atoms with E-state index in [0.29, 0.717) is 32.7 Å². The fraction of sp³-hybridized carbons (Fsp3) is 0.667. The fourth-order valence-corrected chi connectivity index (χ4v) is 6.07. The molecule has 8 nitrogen and oxygen atoms in total. The van der Waals surface area contributed by atoms with Gasteiger partial charge in [0.05, 0.1) is 24.2 Å². The normalized spacial score (nSPS) is 29.0. The number of fused-ring (bicyclic) bond motifs is 1. The Labute approximate surface area is 180 Å². The van der Waals surface area contributed by atoms with Crippen molar-refractivity contribution in [1.82, 2.24) is 19.6 Å². The van der Waals surface area contributed by atoms with E-state index >= 15 is 0 Å². The molecule has 0 spiro atoms. The molecule has 0 aromatic carbocycles. The summed E-state index contributed by atoms with van der Waals surface area (Å²) < 4.78 is 5.65. The van der Waals surface area contributed by atoms with Crippen molar-refractivity contribution in [2.24, 2.45) is 0 Å². The van der Waals surface area contributed by atoms with E-state index in [1.807, 2.05) is 32.4 Å². The van der Waals surface area contributed by atoms with Crippen LogP contribution in [0.1, 0.15) is 35.2 Å². The van der Waals surface area contributed by atoms with Crippen molar-refractivity contribution in [2.75, 3.05) is 45.8 Å². The zero-order valence-electron chi connectivity index (χ0n) is 17.3. The van der Waals surface area contributed by atoms with Crippen LogP contribution in [-0.4, -0.2) is 102 Å². The van der Waals surface area contributed by atoms with Gasteiger partial charge in [-0.2, -0.15) is 11.3 Å². The fourth-order valence-electron chi connectivity index (χ4n) is 5.25. The summed E-state index contributed by atoms with van der Waals surface area (Å²) in [6.45, 7) is 6.52. The molecule has 4 aliphatic rings. The number of nitrogens with zero attached hydrogens (tertiary/aromatic N) is 4. The maximum atomic E-state index is 12.8. The Hall–Kier alpha value is -2.13. The summed E-state index contributed by atoms with van der Waals surface area (Å²) in [6, 6.07) is -0.0589. The number of ether oxygens (including phenoxy) is 1. The minimum absolute atomic E-state index is 0.0235. The molecule has 1 aromatic heterocycles. The smallest absolute Gasteiger partial charge is 0.410 e. The Morgan fingerprint density at radius 2 is 1.90 bits per heavy atom. The number of likely N-dealkylation sites (tertiary alicyclic amines) is 3. The highest BCUT2D eigenvalue weighted by atomic mass is 32.1. The first-order valence-electron chi connectivity index (χ1n) is 10.8. The van der Waals surface area contributed by atoms with E-state index in [9.17, 15) is 14.4 Å². The second kappa shape index (κ2) is 7.85. The molecule has 9 heteroatoms. The van der Waals surface area contributed by atoms with Crippen LogP contribution >= 0.6 is 11.3 Å². The molecular formula is C21H28N4O4S. The molecule has 0 saturated carbocycles. The standard InChI is InChI=1S/C21H28N4O4S/c1-14-12-30-13-16(14)20(27)24-7-4-15(8-24)25-17-9-22(10-18(17)29-21(25)28)11-19(26)23-5-2-3-6-23/h12-13,15,17-18H,2-11H2,1H3/t15?,17-,18+/m1/s1. The molecule has 30 heavy (non-hydrogen) atoms. The maximum absolute atomic E-state index is 12.8. The van der Waals surface area contributed by atoms with Crippen LogP contribution in [-0.2, 0) is 9.53 Å². The Bertz CT molecular complexity index is 852. The minimum atomic E-state index is -0.276. The molecular weight excluding hydrogens is 404 g/mol. The first-order valence-corrected chi connectivity index (χ1v) is 11.8. The van der Waals surface area contributed by atoms with Gasteiger partial charge in [0.25, 0.3) is 5.91 Å². The summed E-state index contributed by atoms with van der Waals surface area (Å²) >= 11 is 1.54. The Morgan fingerprint density at radius 3 is 2.63 bits per heavy atom. The monoisotopic (exact) mass is 432 g/mol. The van der Waals surface area contributed by atoms with Gasteiger partial charge in [-0.3, -0.25) is 19.4 Å². The molecule has 4 aliphatic heterocycles. The van der Waals surface area contributed by atoms with Crippen LogP contribution in [0.4, 0.5) is 4.79 Å². The lowest BCUT2D eigenvalue weighted by molar-refractivity contribution is -0.131. The van der Waals surface area contributed by atoms with Crippen LogP contribution in [0.5, 0.6) is 0 Å². The summed E-state index contributed by atoms with van der Waals surface area (Å²) in [7, 11) is 0. The Balaban J connectivity index is 1.21. The maximum Gasteiger partial charge on any atom is 0.410 e. The molecule has 3 atom stereocenters. The highest BCUT2D eigenvalue weighted by Crippen LogP contribution is 2.32. The van der Waals surface area contributed by atoms with Crippen molar-refractivity contribution in [3.63, 3.8) is 0 Å². The number of aryl methyl sites for hydroxylation is 1. The first kappa shape index (κ1) is 19.8. The number of carbonyl (C=O) groups excluding carboxylic acids is 3. The molecule has 5 rings (SSSR count). The molecule has 162 valence electrons. The van der Waals surface area contributed by atoms with E-state index in [2.05, 4.69) is 4.90 Å². The van der Waals surface area contributed by atoms with Gasteiger partial charge in [-0.1, -0.05) is 0 Å². The quantitative estimate of drug-likeness (QED) is 0.719. The summed E-state index contributed by atoms with van der Waals surface area (Å²) in [5, 5.41) is 3.89. The third-order valence-electron chi connectivity index (χ3n) is 6.88. The van der Waals surface area contributed by atoms with Crippen molar-refractivity contribution in [1.29, 1.82) is 0 Å². The van der Waals surface area contributed by atoms with E-state index in [4.69, 9.17) is 4.74 Å². The van der Waals surface area contributed by atoms with Crippen molar-refractivity contribution < 1.29 is 19.1 Å². The molecule has 0 bridgehead atoms. The minimum Gasteiger partial charge on any atom is -0.442 e. The largest absolute Gasteiger partial charge is 0.442 e. The first-order chi connectivity index (χ1) is 14.5. The lowest BCUT2D eigenvalue weighted by atomic mass is 10.1. The van der Waals surface area contributed by atoms with Crippen molar-refractivity contribution in [3.8, 4) is 0 Å². The summed E-state index contributed by atoms with van der Waals surface area (Å²) in [6.07, 6.45) is 2.48. The Morgan fingerprint density at radius 1 is 1.10 bits per heavy atom. The predicted octanol–water partition coefficient (Wildman–Crippen LogP) is 1.40. The average molecular weight is 433 g/mol. The van der Waals surface area contributed by atoms with Crippen LogP contribution in [0.15, 0.2) is 10.8 Å². The number of hydrogen-bond donors (Lipinski definition) is 0. The van der Waals surface area contributed by atoms with Crippen LogP contribution in [0.3, 0.4) is 0 Å². The molecule has 5 heterocycles. The molecule has 1 aromatic rings. The second-order valence-electron chi connectivity index (χ2n) is 8.84. The van der Waals surface area contributed by atoms with Crippen molar-refractivity contribution in [3.05, 3.63) is 21.9 Å². The lowest BCUT2D eigenvalue weighted by Gasteiger charge is -2.28. The van der Waals surface area contributed by atoms with Crippen LogP contribution in [0, 0.1) is 6.92 Å². The molecule has 3 amide bonds. The van der Waals surface area contributed by atoms with Gasteiger partial charge in [-0.15, -0.1) is 0 Å². The molecule has 0 radical (unpaired) electrons. The van der Waals surface area contributed by atoms with E-state index in [1.54, 1.807) is 0 Å². The number of amides is 3. The van der Waals surface area contributed by atoms with E-state index in [-0.39, 0.29) is 36.1 Å². The van der Waals surface area contributed by atoms with Crippen LogP contribution in [0.25, 0.3) is 0 Å². The predicted molar refractivity (Wildman–Crippen MR) is 112 cm³/mol. The zero-order valence-corrected chi connectivity index (χ0v) is 18.1. The third-order valence-corrected chi connectivity index (χ3v) is 7.74. The molecule has 0 aliphatic carbocycles. The lowest BCUT2D eigenvalue weighted by Crippen LogP contribution is -2.47. The topological polar surface area (TPSA) is 73.4 Å². The van der Waals surface area contributed by atoms with Gasteiger partial charge in [0.1, 0.15) is 6.10 Å². The average Bonchev–Trinajstić information content (AvgIpc) is 3.50. The van der Waals surface area contributed by atoms with Crippen LogP contribution in [0.2, 0.25) is 0 Å². The number of hydrogen-bond acceptors (Lipinski definition) is 6. The number of rotatable bonds is 4. The molecule has 4 saturated heterocycles. The van der Waals surface area contributed by atoms with Gasteiger partial charge in [0.2, 0.25) is 5.91 Å². The van der Waals surface area contributed by atoms with Crippen LogP contribution < -0.4 is 0 Å². The molecule has 4 fully saturated rings. The molecule has 1 unspecified atom stereocenters. The SMILES string of the molecule is Cc1cscc1C(=O)N1CCC(N2C(=O)O[C@H]3CN(CC(=O)N4CCCC4)C[C@H]32)C1. The number of thiophene rings is 1. The zero-order chi connectivity index (χ0) is 20.8. The second-order valence-corrected chi connectivity index (χ2v) is 9.58. The number of carbonyl (C=O) groups is 3. The van der Waals surface area contributed by atoms with Gasteiger partial charge >= 0.3 is 6.09 Å². The highest BCUT2D eigenvalue weighted by molar-refractivity contribution is 7.08. The van der Waals surface area contributed by atoms with Crippen molar-refractivity contribution in [2.45, 2.75) is 44.4 Å². The van der Waals surface area contributed by atoms with Crippen molar-refractivity contribution >= 4 is 29.2 Å². The van der Waals surface area contributed by atoms with Gasteiger partial charge in [0, 0.05) is 44.6 Å². The van der Waals surface area contributed by atoms with E-state index in [1.165, 1.54) is 11.3 Å². The van der Waals surface area contributed by atoms with Gasteiger partial charge in [-0.05, 0) is 37.1 Å². The summed E-state index contributed by atoms with van der Waals surface area (Å²) in [5.74, 6) is 0.221. The van der Waals surface area contributed by atoms with E-state index < -0.39 is 0 Å². The van der Waals surface area contributed by atoms with Gasteiger partial charge < -0.3 is 14.5 Å². The molecule has 0 N–H and O–H groups in total. The third kappa shape index (κ3) is 3.47. The highest BCUT2D eigenvalue weighted by Gasteiger charge is 2.51. The van der Waals surface area contributed by atoms with E-state index in [0.717, 1.165) is 43.5 Å². The van der Waals surface area contributed by atoms with Gasteiger partial charge in [0.15, 0.2) is 0 Å². The Kier molecular flexibility index (Phi) is 5.18. The summed E-state index contributed by atoms with van der Waals surface area (Å²) in [4.78, 5) is 45.7. The summed E-state index contributed by atoms with van der Waals surface area (Å²) in [5.41, 5.74) is 1.76. The van der Waals surface area contributed by atoms with Gasteiger partial charge in [-0.25, -0.2) is 4.79 Å².